The predicted octanol–water partition coefficient (Wildman–Crippen LogP) is 6.32. The van der Waals surface area contributed by atoms with E-state index in [1.54, 1.807) is 11.0 Å². The fraction of sp³-hybridized carbons (Fsp3) is 0.636. The van der Waals surface area contributed by atoms with E-state index in [1.807, 2.05) is 31.4 Å². The summed E-state index contributed by atoms with van der Waals surface area (Å²) in [5.74, 6) is 0.241. The summed E-state index contributed by atoms with van der Waals surface area (Å²) < 4.78 is 28.7. The van der Waals surface area contributed by atoms with Gasteiger partial charge in [-0.25, -0.2) is 14.2 Å². The molecule has 0 saturated carbocycles. The number of hydrogen-bond donors (Lipinski definition) is 0. The second kappa shape index (κ2) is 9.19. The Morgan fingerprint density at radius 1 is 1.32 bits per heavy atom. The van der Waals surface area contributed by atoms with E-state index in [-0.39, 0.29) is 24.4 Å². The Balaban J connectivity index is 1.94. The largest absolute Gasteiger partial charge is 0.444 e. The summed E-state index contributed by atoms with van der Waals surface area (Å²) in [6.45, 7) is 14.0. The highest BCUT2D eigenvalue weighted by atomic mass is 79.9. The van der Waals surface area contributed by atoms with Gasteiger partial charge in [0.2, 0.25) is 0 Å². The Morgan fingerprint density at radius 3 is 2.68 bits per heavy atom. The van der Waals surface area contributed by atoms with Crippen molar-refractivity contribution in [2.24, 2.45) is 0 Å². The van der Waals surface area contributed by atoms with Gasteiger partial charge in [0.05, 0.1) is 16.0 Å². The molecular formula is C22H33BrFN3O3Si. The minimum absolute atomic E-state index is 0.274. The Labute approximate surface area is 193 Å². The zero-order valence-corrected chi connectivity index (χ0v) is 21.9. The number of rotatable bonds is 6. The van der Waals surface area contributed by atoms with Gasteiger partial charge in [-0.3, -0.25) is 4.90 Å². The zero-order chi connectivity index (χ0) is 23.0. The quantitative estimate of drug-likeness (QED) is 0.334. The highest BCUT2D eigenvalue weighted by Gasteiger charge is 2.36. The van der Waals surface area contributed by atoms with Crippen LogP contribution in [0.4, 0.5) is 9.18 Å². The van der Waals surface area contributed by atoms with Crippen LogP contribution in [0.1, 0.15) is 45.5 Å². The highest BCUT2D eigenvalue weighted by Crippen LogP contribution is 2.36. The Hall–Kier alpha value is -1.45. The molecule has 6 nitrogen and oxygen atoms in total. The van der Waals surface area contributed by atoms with Crippen LogP contribution >= 0.6 is 15.9 Å². The van der Waals surface area contributed by atoms with Gasteiger partial charge in [-0.05, 0) is 67.7 Å². The number of nitrogens with zero attached hydrogens (tertiary/aromatic N) is 3. The molecule has 1 aliphatic rings. The second-order valence-corrected chi connectivity index (χ2v) is 16.8. The summed E-state index contributed by atoms with van der Waals surface area (Å²) in [5.41, 5.74) is 0.371. The highest BCUT2D eigenvalue weighted by molar-refractivity contribution is 9.10. The average molecular weight is 515 g/mol. The van der Waals surface area contributed by atoms with Crippen molar-refractivity contribution in [2.75, 3.05) is 13.2 Å². The van der Waals surface area contributed by atoms with Crippen LogP contribution in [0.2, 0.25) is 25.7 Å². The van der Waals surface area contributed by atoms with E-state index in [9.17, 15) is 9.18 Å². The minimum atomic E-state index is -1.22. The molecule has 0 radical (unpaired) electrons. The van der Waals surface area contributed by atoms with Crippen LogP contribution in [-0.2, 0) is 16.2 Å². The number of carbonyl (C=O) groups is 1. The van der Waals surface area contributed by atoms with Crippen molar-refractivity contribution in [1.29, 1.82) is 0 Å². The lowest BCUT2D eigenvalue weighted by Crippen LogP contribution is -2.37. The number of amides is 1. The molecule has 172 valence electrons. The Kier molecular flexibility index (Phi) is 7.17. The van der Waals surface area contributed by atoms with Gasteiger partial charge in [0, 0.05) is 21.2 Å². The first kappa shape index (κ1) is 24.2. The normalized spacial score (nSPS) is 17.5. The maximum Gasteiger partial charge on any atom is 0.410 e. The number of ether oxygens (including phenoxy) is 2. The fourth-order valence-corrected chi connectivity index (χ4v) is 4.73. The number of halogens is 2. The lowest BCUT2D eigenvalue weighted by molar-refractivity contribution is 0.0205. The zero-order valence-electron chi connectivity index (χ0n) is 19.3. The molecule has 0 aliphatic carbocycles. The van der Waals surface area contributed by atoms with Crippen molar-refractivity contribution in [3.8, 4) is 0 Å². The van der Waals surface area contributed by atoms with Gasteiger partial charge in [0.25, 0.3) is 0 Å². The molecule has 1 saturated heterocycles. The summed E-state index contributed by atoms with van der Waals surface area (Å²) >= 11 is 3.25. The molecule has 2 aromatic rings. The standard InChI is InChI=1S/C22H33BrFN3O3Si/c1-22(2,3)30-21(28)26-11-7-8-17(26)20-25-19-16(10-9-15(23)18(19)24)27(20)14-29-12-13-31(4,5)6/h9-10,17H,7-8,11-14H2,1-6H3/t17-/m0/s1. The van der Waals surface area contributed by atoms with Gasteiger partial charge in [-0.1, -0.05) is 19.6 Å². The average Bonchev–Trinajstić information content (AvgIpc) is 3.24. The molecule has 0 unspecified atom stereocenters. The summed E-state index contributed by atoms with van der Waals surface area (Å²) in [5, 5.41) is 0. The maximum absolute atomic E-state index is 14.8. The third-order valence-corrected chi connectivity index (χ3v) is 7.55. The molecule has 1 aliphatic heterocycles. The summed E-state index contributed by atoms with van der Waals surface area (Å²) in [6.07, 6.45) is 1.23. The molecule has 3 rings (SSSR count). The molecule has 9 heteroatoms. The van der Waals surface area contributed by atoms with E-state index in [1.165, 1.54) is 0 Å². The predicted molar refractivity (Wildman–Crippen MR) is 126 cm³/mol. The summed E-state index contributed by atoms with van der Waals surface area (Å²) in [7, 11) is -1.22. The van der Waals surface area contributed by atoms with Gasteiger partial charge < -0.3 is 14.0 Å². The number of carbonyl (C=O) groups excluding carboxylic acids is 1. The first-order valence-corrected chi connectivity index (χ1v) is 15.3. The van der Waals surface area contributed by atoms with E-state index < -0.39 is 19.5 Å². The molecule has 2 heterocycles. The summed E-state index contributed by atoms with van der Waals surface area (Å²) in [4.78, 5) is 19.2. The van der Waals surface area contributed by atoms with E-state index in [0.717, 1.165) is 18.9 Å². The monoisotopic (exact) mass is 513 g/mol. The van der Waals surface area contributed by atoms with Crippen LogP contribution in [0.25, 0.3) is 11.0 Å². The summed E-state index contributed by atoms with van der Waals surface area (Å²) in [6, 6.07) is 4.29. The first-order valence-electron chi connectivity index (χ1n) is 10.8. The molecule has 1 aromatic carbocycles. The van der Waals surface area contributed by atoms with Crippen LogP contribution in [0, 0.1) is 5.82 Å². The molecule has 1 fully saturated rings. The van der Waals surface area contributed by atoms with Crippen molar-refractivity contribution in [3.05, 3.63) is 28.2 Å². The van der Waals surface area contributed by atoms with Gasteiger partial charge >= 0.3 is 6.09 Å². The van der Waals surface area contributed by atoms with E-state index >= 15 is 0 Å². The maximum atomic E-state index is 14.8. The van der Waals surface area contributed by atoms with Crippen molar-refractivity contribution < 1.29 is 18.7 Å². The Bertz CT molecular complexity index is 952. The molecular weight excluding hydrogens is 481 g/mol. The Morgan fingerprint density at radius 2 is 2.03 bits per heavy atom. The number of aromatic nitrogens is 2. The second-order valence-electron chi connectivity index (χ2n) is 10.3. The van der Waals surface area contributed by atoms with Crippen LogP contribution in [0.5, 0.6) is 0 Å². The molecule has 1 atom stereocenters. The number of fused-ring (bicyclic) bond motifs is 1. The fourth-order valence-electron chi connectivity index (χ4n) is 3.65. The molecule has 1 amide bonds. The van der Waals surface area contributed by atoms with E-state index in [2.05, 4.69) is 40.6 Å². The van der Waals surface area contributed by atoms with Crippen molar-refractivity contribution in [3.63, 3.8) is 0 Å². The molecule has 0 bridgehead atoms. The van der Waals surface area contributed by atoms with Crippen molar-refractivity contribution in [2.45, 2.75) is 77.7 Å². The third kappa shape index (κ3) is 5.87. The van der Waals surface area contributed by atoms with Crippen LogP contribution in [-0.4, -0.2) is 47.4 Å². The molecule has 0 spiro atoms. The molecule has 0 N–H and O–H groups in total. The van der Waals surface area contributed by atoms with E-state index in [4.69, 9.17) is 9.47 Å². The van der Waals surface area contributed by atoms with Gasteiger partial charge in [-0.2, -0.15) is 0 Å². The number of hydrogen-bond acceptors (Lipinski definition) is 4. The lowest BCUT2D eigenvalue weighted by Gasteiger charge is -2.28. The third-order valence-electron chi connectivity index (χ3n) is 5.24. The van der Waals surface area contributed by atoms with E-state index in [0.29, 0.717) is 29.0 Å². The van der Waals surface area contributed by atoms with Gasteiger partial charge in [-0.15, -0.1) is 0 Å². The number of likely N-dealkylation sites (tertiary alicyclic amines) is 1. The SMILES string of the molecule is CC(C)(C)OC(=O)N1CCC[C@H]1c1nc2c(F)c(Br)ccc2n1COCC[Si](C)(C)C. The lowest BCUT2D eigenvalue weighted by atomic mass is 10.2. The number of imidazole rings is 1. The van der Waals surface area contributed by atoms with Crippen molar-refractivity contribution >= 4 is 41.1 Å². The van der Waals surface area contributed by atoms with Crippen LogP contribution < -0.4 is 0 Å². The van der Waals surface area contributed by atoms with Crippen LogP contribution in [0.3, 0.4) is 0 Å². The van der Waals surface area contributed by atoms with Gasteiger partial charge in [0.15, 0.2) is 5.82 Å². The topological polar surface area (TPSA) is 56.6 Å². The van der Waals surface area contributed by atoms with Gasteiger partial charge in [0.1, 0.15) is 23.7 Å². The minimum Gasteiger partial charge on any atom is -0.444 e. The van der Waals surface area contributed by atoms with Crippen molar-refractivity contribution in [1.82, 2.24) is 14.5 Å². The number of benzene rings is 1. The smallest absolute Gasteiger partial charge is 0.410 e. The van der Waals surface area contributed by atoms with Crippen LogP contribution in [0.15, 0.2) is 16.6 Å². The molecule has 1 aromatic heterocycles. The first-order chi connectivity index (χ1) is 14.4. The molecule has 31 heavy (non-hydrogen) atoms.